The maximum absolute atomic E-state index is 11.6. The van der Waals surface area contributed by atoms with Crippen molar-refractivity contribution in [2.45, 2.75) is 18.9 Å². The number of imide groups is 1. The summed E-state index contributed by atoms with van der Waals surface area (Å²) in [5.74, 6) is 0.306. The number of carbonyl (C=O) groups is 2. The Bertz CT molecular complexity index is 676. The van der Waals surface area contributed by atoms with Gasteiger partial charge in [0.15, 0.2) is 0 Å². The van der Waals surface area contributed by atoms with Crippen LogP contribution >= 0.6 is 11.8 Å². The quantitative estimate of drug-likeness (QED) is 0.689. The highest BCUT2D eigenvalue weighted by atomic mass is 32.2. The minimum absolute atomic E-state index is 0.0826. The topological polar surface area (TPSA) is 81.2 Å². The molecule has 7 heteroatoms. The van der Waals surface area contributed by atoms with Crippen LogP contribution in [0.25, 0.3) is 10.9 Å². The number of aromatic nitrogens is 2. The number of thioether (sulfide) groups is 1. The van der Waals surface area contributed by atoms with Crippen LogP contribution in [0.4, 0.5) is 4.79 Å². The molecule has 0 fully saturated rings. The molecule has 2 aromatic rings. The summed E-state index contributed by atoms with van der Waals surface area (Å²) in [6.45, 7) is 3.70. The summed E-state index contributed by atoms with van der Waals surface area (Å²) in [4.78, 5) is 31.5. The summed E-state index contributed by atoms with van der Waals surface area (Å²) < 4.78 is 4.65. The molecule has 0 radical (unpaired) electrons. The molecular formula is C14H15N3O3S. The molecule has 0 aliphatic heterocycles. The molecule has 1 N–H and O–H groups in total. The number of para-hydroxylation sites is 1. The van der Waals surface area contributed by atoms with Crippen molar-refractivity contribution in [2.24, 2.45) is 0 Å². The van der Waals surface area contributed by atoms with Crippen LogP contribution in [0.1, 0.15) is 12.7 Å². The molecule has 0 saturated heterocycles. The van der Waals surface area contributed by atoms with Gasteiger partial charge in [-0.2, -0.15) is 0 Å². The van der Waals surface area contributed by atoms with Crippen molar-refractivity contribution in [3.63, 3.8) is 0 Å². The molecule has 0 bridgehead atoms. The fraction of sp³-hybridized carbons (Fsp3) is 0.286. The first-order valence-electron chi connectivity index (χ1n) is 6.43. The van der Waals surface area contributed by atoms with E-state index in [4.69, 9.17) is 0 Å². The monoisotopic (exact) mass is 305 g/mol. The minimum Gasteiger partial charge on any atom is -0.450 e. The van der Waals surface area contributed by atoms with Gasteiger partial charge in [-0.1, -0.05) is 30.0 Å². The van der Waals surface area contributed by atoms with E-state index < -0.39 is 12.0 Å². The van der Waals surface area contributed by atoms with Crippen LogP contribution < -0.4 is 5.32 Å². The van der Waals surface area contributed by atoms with Crippen molar-refractivity contribution in [1.82, 2.24) is 15.3 Å². The molecular weight excluding hydrogens is 290 g/mol. The number of amides is 2. The van der Waals surface area contributed by atoms with Gasteiger partial charge in [-0.05, 0) is 19.9 Å². The van der Waals surface area contributed by atoms with Crippen LogP contribution in [0.3, 0.4) is 0 Å². The van der Waals surface area contributed by atoms with Crippen molar-refractivity contribution in [1.29, 1.82) is 0 Å². The SMILES string of the molecule is CCOC(=O)NC(=O)CSc1nc(C)nc2ccccc12. The first-order chi connectivity index (χ1) is 10.1. The van der Waals surface area contributed by atoms with Gasteiger partial charge in [-0.25, -0.2) is 14.8 Å². The molecule has 21 heavy (non-hydrogen) atoms. The second kappa shape index (κ2) is 7.03. The summed E-state index contributed by atoms with van der Waals surface area (Å²) in [6, 6.07) is 7.59. The number of rotatable bonds is 4. The maximum atomic E-state index is 11.6. The Kier molecular flexibility index (Phi) is 5.10. The summed E-state index contributed by atoms with van der Waals surface area (Å²) >= 11 is 1.26. The summed E-state index contributed by atoms with van der Waals surface area (Å²) in [6.07, 6.45) is -0.730. The predicted molar refractivity (Wildman–Crippen MR) is 80.2 cm³/mol. The standard InChI is InChI=1S/C14H15N3O3S/c1-3-20-14(19)17-12(18)8-21-13-10-6-4-5-7-11(10)15-9(2)16-13/h4-7H,3,8H2,1-2H3,(H,17,18,19). The number of fused-ring (bicyclic) bond motifs is 1. The van der Waals surface area contributed by atoms with Gasteiger partial charge in [-0.15, -0.1) is 0 Å². The van der Waals surface area contributed by atoms with Gasteiger partial charge in [0.2, 0.25) is 5.91 Å². The molecule has 0 aliphatic carbocycles. The van der Waals surface area contributed by atoms with Crippen LogP contribution in [0, 0.1) is 6.92 Å². The van der Waals surface area contributed by atoms with E-state index >= 15 is 0 Å². The molecule has 6 nitrogen and oxygen atoms in total. The van der Waals surface area contributed by atoms with E-state index in [2.05, 4.69) is 20.0 Å². The highest BCUT2D eigenvalue weighted by molar-refractivity contribution is 8.00. The molecule has 1 aromatic carbocycles. The van der Waals surface area contributed by atoms with Crippen molar-refractivity contribution >= 4 is 34.7 Å². The lowest BCUT2D eigenvalue weighted by atomic mass is 10.2. The van der Waals surface area contributed by atoms with E-state index in [9.17, 15) is 9.59 Å². The fourth-order valence-electron chi connectivity index (χ4n) is 1.72. The Hall–Kier alpha value is -2.15. The summed E-state index contributed by atoms with van der Waals surface area (Å²) in [7, 11) is 0. The zero-order valence-electron chi connectivity index (χ0n) is 11.8. The van der Waals surface area contributed by atoms with Crippen LogP contribution in [0.15, 0.2) is 29.3 Å². The lowest BCUT2D eigenvalue weighted by molar-refractivity contribution is -0.117. The predicted octanol–water partition coefficient (Wildman–Crippen LogP) is 2.30. The van der Waals surface area contributed by atoms with Gasteiger partial charge in [0.25, 0.3) is 0 Å². The Morgan fingerprint density at radius 1 is 1.29 bits per heavy atom. The zero-order chi connectivity index (χ0) is 15.2. The number of carbonyl (C=O) groups excluding carboxylic acids is 2. The van der Waals surface area contributed by atoms with E-state index in [1.54, 1.807) is 13.8 Å². The third-order valence-corrected chi connectivity index (χ3v) is 3.53. The molecule has 1 aromatic heterocycles. The molecule has 2 rings (SSSR count). The largest absolute Gasteiger partial charge is 0.450 e. The zero-order valence-corrected chi connectivity index (χ0v) is 12.6. The number of nitrogens with zero attached hydrogens (tertiary/aromatic N) is 2. The smallest absolute Gasteiger partial charge is 0.413 e. The van der Waals surface area contributed by atoms with E-state index in [-0.39, 0.29) is 12.4 Å². The normalized spacial score (nSPS) is 10.4. The lowest BCUT2D eigenvalue weighted by Crippen LogP contribution is -2.32. The summed E-state index contributed by atoms with van der Waals surface area (Å²) in [5, 5.41) is 3.76. The molecule has 2 amide bonds. The van der Waals surface area contributed by atoms with Gasteiger partial charge in [0.05, 0.1) is 17.9 Å². The molecule has 110 valence electrons. The Labute approximate surface area is 126 Å². The number of benzene rings is 1. The highest BCUT2D eigenvalue weighted by Gasteiger charge is 2.11. The average molecular weight is 305 g/mol. The maximum Gasteiger partial charge on any atom is 0.413 e. The van der Waals surface area contributed by atoms with Crippen molar-refractivity contribution in [3.05, 3.63) is 30.1 Å². The first-order valence-corrected chi connectivity index (χ1v) is 7.41. The second-order valence-corrected chi connectivity index (χ2v) is 5.11. The number of hydrogen-bond donors (Lipinski definition) is 1. The minimum atomic E-state index is -0.730. The van der Waals surface area contributed by atoms with Gasteiger partial charge >= 0.3 is 6.09 Å². The van der Waals surface area contributed by atoms with Gasteiger partial charge in [-0.3, -0.25) is 10.1 Å². The average Bonchev–Trinajstić information content (AvgIpc) is 2.44. The molecule has 0 aliphatic rings. The highest BCUT2D eigenvalue weighted by Crippen LogP contribution is 2.24. The number of alkyl carbamates (subject to hydrolysis) is 1. The summed E-state index contributed by atoms with van der Waals surface area (Å²) in [5.41, 5.74) is 0.832. The number of hydrogen-bond acceptors (Lipinski definition) is 6. The Morgan fingerprint density at radius 3 is 2.81 bits per heavy atom. The van der Waals surface area contributed by atoms with Gasteiger partial charge in [0, 0.05) is 5.39 Å². The second-order valence-electron chi connectivity index (χ2n) is 4.15. The molecule has 1 heterocycles. The van der Waals surface area contributed by atoms with Crippen LogP contribution in [-0.4, -0.2) is 34.3 Å². The number of ether oxygens (including phenoxy) is 1. The first kappa shape index (κ1) is 15.2. The molecule has 0 unspecified atom stereocenters. The Morgan fingerprint density at radius 2 is 2.05 bits per heavy atom. The lowest BCUT2D eigenvalue weighted by Gasteiger charge is -2.07. The van der Waals surface area contributed by atoms with Crippen molar-refractivity contribution in [2.75, 3.05) is 12.4 Å². The number of nitrogens with one attached hydrogen (secondary N) is 1. The van der Waals surface area contributed by atoms with Crippen molar-refractivity contribution in [3.8, 4) is 0 Å². The van der Waals surface area contributed by atoms with Crippen LogP contribution in [-0.2, 0) is 9.53 Å². The van der Waals surface area contributed by atoms with Crippen molar-refractivity contribution < 1.29 is 14.3 Å². The Balaban J connectivity index is 2.06. The van der Waals surface area contributed by atoms with E-state index in [0.29, 0.717) is 5.82 Å². The number of aryl methyl sites for hydroxylation is 1. The van der Waals surface area contributed by atoms with E-state index in [1.165, 1.54) is 11.8 Å². The van der Waals surface area contributed by atoms with E-state index in [1.807, 2.05) is 24.3 Å². The third-order valence-electron chi connectivity index (χ3n) is 2.54. The molecule has 0 atom stereocenters. The fourth-order valence-corrected chi connectivity index (χ4v) is 2.58. The van der Waals surface area contributed by atoms with Crippen LogP contribution in [0.2, 0.25) is 0 Å². The van der Waals surface area contributed by atoms with E-state index in [0.717, 1.165) is 15.9 Å². The van der Waals surface area contributed by atoms with Crippen LogP contribution in [0.5, 0.6) is 0 Å². The molecule has 0 saturated carbocycles. The van der Waals surface area contributed by atoms with Gasteiger partial charge < -0.3 is 4.74 Å². The molecule has 0 spiro atoms. The third kappa shape index (κ3) is 4.16. The van der Waals surface area contributed by atoms with Gasteiger partial charge in [0.1, 0.15) is 10.9 Å².